The molecule has 0 aromatic heterocycles. The van der Waals surface area contributed by atoms with Crippen molar-refractivity contribution in [3.05, 3.63) is 0 Å². The molecule has 94 valence electrons. The number of nitrogens with one attached hydrogen (secondary N) is 1. The van der Waals surface area contributed by atoms with Gasteiger partial charge >= 0.3 is 5.97 Å². The number of rotatable bonds is 9. The number of carbonyl (C=O) groups excluding carboxylic acids is 1. The van der Waals surface area contributed by atoms with Gasteiger partial charge in [-0.1, -0.05) is 0 Å². The van der Waals surface area contributed by atoms with Crippen LogP contribution in [-0.2, 0) is 14.3 Å². The first-order valence-electron chi connectivity index (χ1n) is 5.68. The minimum absolute atomic E-state index is 0.147. The number of carbonyl (C=O) groups is 1. The average molecular weight is 247 g/mol. The van der Waals surface area contributed by atoms with Crippen LogP contribution < -0.4 is 5.32 Å². The first-order chi connectivity index (χ1) is 7.77. The number of esters is 1. The van der Waals surface area contributed by atoms with Crippen molar-refractivity contribution in [2.24, 2.45) is 0 Å². The molecule has 1 unspecified atom stereocenters. The maximum atomic E-state index is 11.5. The molecule has 1 aliphatic carbocycles. The van der Waals surface area contributed by atoms with Crippen LogP contribution in [0.5, 0.6) is 0 Å². The maximum absolute atomic E-state index is 11.5. The van der Waals surface area contributed by atoms with E-state index in [1.54, 1.807) is 18.9 Å². The Balaban J connectivity index is 2.13. The molecule has 0 spiro atoms. The molecule has 1 rings (SSSR count). The summed E-state index contributed by atoms with van der Waals surface area (Å²) in [5.74, 6) is 1.66. The van der Waals surface area contributed by atoms with E-state index in [-0.39, 0.29) is 12.0 Å². The van der Waals surface area contributed by atoms with Crippen LogP contribution in [0.4, 0.5) is 0 Å². The Hall–Kier alpha value is -0.260. The van der Waals surface area contributed by atoms with Gasteiger partial charge in [0.05, 0.1) is 7.11 Å². The lowest BCUT2D eigenvalue weighted by atomic mass is 10.3. The van der Waals surface area contributed by atoms with E-state index in [1.165, 1.54) is 20.0 Å². The van der Waals surface area contributed by atoms with Gasteiger partial charge in [0.25, 0.3) is 0 Å². The van der Waals surface area contributed by atoms with Crippen LogP contribution in [0.25, 0.3) is 0 Å². The van der Waals surface area contributed by atoms with Gasteiger partial charge in [-0.2, -0.15) is 11.8 Å². The summed E-state index contributed by atoms with van der Waals surface area (Å²) in [6, 6.07) is 0.383. The molecule has 1 saturated carbocycles. The van der Waals surface area contributed by atoms with E-state index in [1.807, 2.05) is 0 Å². The molecule has 4 nitrogen and oxygen atoms in total. The van der Waals surface area contributed by atoms with Crippen molar-refractivity contribution < 1.29 is 14.3 Å². The van der Waals surface area contributed by atoms with Crippen LogP contribution in [-0.4, -0.2) is 50.4 Å². The molecule has 0 aromatic rings. The highest BCUT2D eigenvalue weighted by atomic mass is 32.2. The average Bonchev–Trinajstić information content (AvgIpc) is 3.10. The third-order valence-corrected chi connectivity index (χ3v) is 3.57. The van der Waals surface area contributed by atoms with E-state index in [0.717, 1.165) is 24.5 Å². The molecular formula is C11H21NO3S. The van der Waals surface area contributed by atoms with Crippen molar-refractivity contribution in [3.63, 3.8) is 0 Å². The summed E-state index contributed by atoms with van der Waals surface area (Å²) in [5.41, 5.74) is 0. The molecule has 1 aliphatic rings. The molecule has 1 N–H and O–H groups in total. The largest absolute Gasteiger partial charge is 0.468 e. The topological polar surface area (TPSA) is 47.6 Å². The highest BCUT2D eigenvalue weighted by Gasteiger charge is 2.28. The van der Waals surface area contributed by atoms with Gasteiger partial charge in [-0.05, 0) is 25.0 Å². The molecule has 0 radical (unpaired) electrons. The quantitative estimate of drug-likeness (QED) is 0.487. The van der Waals surface area contributed by atoms with Crippen molar-refractivity contribution in [3.8, 4) is 0 Å². The molecule has 0 aliphatic heterocycles. The number of hydrogen-bond donors (Lipinski definition) is 1. The molecule has 16 heavy (non-hydrogen) atoms. The number of hydrogen-bond acceptors (Lipinski definition) is 5. The third kappa shape index (κ3) is 5.72. The number of thioether (sulfide) groups is 1. The Kier molecular flexibility index (Phi) is 6.84. The van der Waals surface area contributed by atoms with Gasteiger partial charge in [0.1, 0.15) is 6.04 Å². The highest BCUT2D eigenvalue weighted by molar-refractivity contribution is 7.99. The summed E-state index contributed by atoms with van der Waals surface area (Å²) in [6.45, 7) is 0.784. The molecule has 0 bridgehead atoms. The summed E-state index contributed by atoms with van der Waals surface area (Å²) in [6.07, 6.45) is 3.39. The summed E-state index contributed by atoms with van der Waals surface area (Å²) in [4.78, 5) is 11.5. The smallest absolute Gasteiger partial charge is 0.323 e. The zero-order chi connectivity index (χ0) is 11.8. The minimum atomic E-state index is -0.148. The minimum Gasteiger partial charge on any atom is -0.468 e. The summed E-state index contributed by atoms with van der Waals surface area (Å²) in [5, 5.41) is 3.31. The zero-order valence-electron chi connectivity index (χ0n) is 10.0. The SMILES string of the molecule is COCCCSCC(NC1CC1)C(=O)OC. The molecule has 0 aromatic carbocycles. The van der Waals surface area contributed by atoms with Crippen LogP contribution in [0, 0.1) is 0 Å². The van der Waals surface area contributed by atoms with E-state index < -0.39 is 0 Å². The van der Waals surface area contributed by atoms with Crippen molar-refractivity contribution in [1.82, 2.24) is 5.32 Å². The van der Waals surface area contributed by atoms with Crippen LogP contribution >= 0.6 is 11.8 Å². The van der Waals surface area contributed by atoms with Gasteiger partial charge in [-0.3, -0.25) is 4.79 Å². The Morgan fingerprint density at radius 3 is 2.81 bits per heavy atom. The molecule has 1 atom stereocenters. The second kappa shape index (κ2) is 7.92. The normalized spacial score (nSPS) is 17.1. The van der Waals surface area contributed by atoms with E-state index in [4.69, 9.17) is 9.47 Å². The van der Waals surface area contributed by atoms with Crippen LogP contribution in [0.15, 0.2) is 0 Å². The monoisotopic (exact) mass is 247 g/mol. The van der Waals surface area contributed by atoms with Crippen molar-refractivity contribution in [1.29, 1.82) is 0 Å². The lowest BCUT2D eigenvalue weighted by molar-refractivity contribution is -0.142. The fourth-order valence-corrected chi connectivity index (χ4v) is 2.32. The standard InChI is InChI=1S/C11H21NO3S/c1-14-6-3-7-16-8-10(11(13)15-2)12-9-4-5-9/h9-10,12H,3-8H2,1-2H3. The molecule has 0 amide bonds. The van der Waals surface area contributed by atoms with Gasteiger partial charge < -0.3 is 14.8 Å². The maximum Gasteiger partial charge on any atom is 0.323 e. The van der Waals surface area contributed by atoms with Crippen molar-refractivity contribution >= 4 is 17.7 Å². The van der Waals surface area contributed by atoms with Gasteiger partial charge in [-0.25, -0.2) is 0 Å². The fourth-order valence-electron chi connectivity index (χ4n) is 1.37. The lowest BCUT2D eigenvalue weighted by Crippen LogP contribution is -2.41. The Bertz CT molecular complexity index is 209. The van der Waals surface area contributed by atoms with Crippen LogP contribution in [0.1, 0.15) is 19.3 Å². The second-order valence-electron chi connectivity index (χ2n) is 3.94. The summed E-state index contributed by atoms with van der Waals surface area (Å²) >= 11 is 1.77. The predicted octanol–water partition coefficient (Wildman–Crippen LogP) is 1.05. The predicted molar refractivity (Wildman–Crippen MR) is 65.8 cm³/mol. The Morgan fingerprint density at radius 2 is 2.25 bits per heavy atom. The number of methoxy groups -OCH3 is 2. The van der Waals surface area contributed by atoms with Gasteiger partial charge in [0, 0.05) is 25.5 Å². The second-order valence-corrected chi connectivity index (χ2v) is 5.09. The van der Waals surface area contributed by atoms with Crippen LogP contribution in [0.3, 0.4) is 0 Å². The molecule has 0 saturated heterocycles. The lowest BCUT2D eigenvalue weighted by Gasteiger charge is -2.15. The van der Waals surface area contributed by atoms with E-state index in [2.05, 4.69) is 5.32 Å². The van der Waals surface area contributed by atoms with Gasteiger partial charge in [0.2, 0.25) is 0 Å². The molecule has 5 heteroatoms. The highest BCUT2D eigenvalue weighted by Crippen LogP contribution is 2.20. The van der Waals surface area contributed by atoms with Gasteiger partial charge in [0.15, 0.2) is 0 Å². The first kappa shape index (κ1) is 13.8. The Morgan fingerprint density at radius 1 is 1.50 bits per heavy atom. The van der Waals surface area contributed by atoms with Gasteiger partial charge in [-0.15, -0.1) is 0 Å². The fraction of sp³-hybridized carbons (Fsp3) is 0.909. The van der Waals surface area contributed by atoms with E-state index in [0.29, 0.717) is 6.04 Å². The molecule has 0 heterocycles. The molecule has 1 fully saturated rings. The van der Waals surface area contributed by atoms with Crippen LogP contribution in [0.2, 0.25) is 0 Å². The zero-order valence-corrected chi connectivity index (χ0v) is 10.8. The first-order valence-corrected chi connectivity index (χ1v) is 6.84. The number of ether oxygens (including phenoxy) is 2. The van der Waals surface area contributed by atoms with E-state index >= 15 is 0 Å². The van der Waals surface area contributed by atoms with Crippen molar-refractivity contribution in [2.45, 2.75) is 31.3 Å². The third-order valence-electron chi connectivity index (χ3n) is 2.42. The Labute approximate surface area is 101 Å². The molecular weight excluding hydrogens is 226 g/mol. The van der Waals surface area contributed by atoms with Crippen molar-refractivity contribution in [2.75, 3.05) is 32.3 Å². The van der Waals surface area contributed by atoms with E-state index in [9.17, 15) is 4.79 Å². The summed E-state index contributed by atoms with van der Waals surface area (Å²) < 4.78 is 9.75. The summed E-state index contributed by atoms with van der Waals surface area (Å²) in [7, 11) is 3.15.